The number of allylic oxidation sites excluding steroid dienone is 4. The van der Waals surface area contributed by atoms with Gasteiger partial charge in [0, 0.05) is 16.7 Å². The van der Waals surface area contributed by atoms with Crippen molar-refractivity contribution < 1.29 is 24.9 Å². The number of carbonyl (C=O) groups excluding carboxylic acids is 2. The first-order valence-electron chi connectivity index (χ1n) is 10.1. The Hall–Kier alpha value is -1.30. The summed E-state index contributed by atoms with van der Waals surface area (Å²) >= 11 is 0. The molecule has 5 heteroatoms. The number of hydrogen-bond donors (Lipinski definition) is 3. The van der Waals surface area contributed by atoms with Gasteiger partial charge in [0.2, 0.25) is 0 Å². The third kappa shape index (κ3) is 2.28. The van der Waals surface area contributed by atoms with Crippen molar-refractivity contribution in [3.05, 3.63) is 23.8 Å². The van der Waals surface area contributed by atoms with Gasteiger partial charge in [0.15, 0.2) is 11.6 Å². The van der Waals surface area contributed by atoms with Crippen LogP contribution in [0.5, 0.6) is 0 Å². The van der Waals surface area contributed by atoms with Gasteiger partial charge in [-0.2, -0.15) is 0 Å². The van der Waals surface area contributed by atoms with Crippen LogP contribution in [0.1, 0.15) is 46.5 Å². The molecule has 0 aromatic carbocycles. The van der Waals surface area contributed by atoms with Crippen LogP contribution in [-0.4, -0.2) is 45.2 Å². The number of carbonyl (C=O) groups is 2. The number of Topliss-reactive ketones (excluding diaryl/α,β-unsaturated/α-hetero) is 1. The summed E-state index contributed by atoms with van der Waals surface area (Å²) in [6, 6.07) is 0. The molecule has 3 saturated carbocycles. The van der Waals surface area contributed by atoms with Gasteiger partial charge in [0.05, 0.1) is 6.10 Å². The van der Waals surface area contributed by atoms with Gasteiger partial charge in [-0.15, -0.1) is 0 Å². The second kappa shape index (κ2) is 5.85. The lowest BCUT2D eigenvalue weighted by molar-refractivity contribution is -0.180. The number of aliphatic hydroxyl groups is 3. The van der Waals surface area contributed by atoms with Crippen LogP contribution in [-0.2, 0) is 9.59 Å². The molecule has 0 aliphatic heterocycles. The Morgan fingerprint density at radius 1 is 1.33 bits per heavy atom. The minimum Gasteiger partial charge on any atom is -0.393 e. The van der Waals surface area contributed by atoms with Gasteiger partial charge in [-0.05, 0) is 55.6 Å². The zero-order valence-electron chi connectivity index (χ0n) is 16.3. The molecule has 0 bridgehead atoms. The number of aliphatic hydroxyl groups excluding tert-OH is 2. The fraction of sp³-hybridized carbons (Fsp3) is 0.727. The lowest BCUT2D eigenvalue weighted by Gasteiger charge is -2.60. The second-order valence-corrected chi connectivity index (χ2v) is 9.72. The molecule has 0 aromatic heterocycles. The Bertz CT molecular complexity index is 754. The molecule has 3 fully saturated rings. The summed E-state index contributed by atoms with van der Waals surface area (Å²) in [6.07, 6.45) is 6.87. The van der Waals surface area contributed by atoms with Crippen LogP contribution < -0.4 is 0 Å². The average Bonchev–Trinajstić information content (AvgIpc) is 2.87. The quantitative estimate of drug-likeness (QED) is 0.685. The molecule has 4 aliphatic rings. The summed E-state index contributed by atoms with van der Waals surface area (Å²) < 4.78 is 0. The maximum Gasteiger partial charge on any atom is 0.190 e. The Labute approximate surface area is 160 Å². The standard InChI is InChI=1S/C22H30O5/c1-12-8-14-15-5-7-22(27,18(26)11-23)21(15,3)10-17(25)19(14)20(2)6-4-13(24)9-16(12)20/h4,6,9,12,14-15,17,19,23,25,27H,5,7-8,10-11H2,1-3H3/t12-,14+,15-,17+,19+,20-,21-,22-/m0/s1. The van der Waals surface area contributed by atoms with E-state index in [0.29, 0.717) is 12.8 Å². The average molecular weight is 374 g/mol. The van der Waals surface area contributed by atoms with Crippen LogP contribution in [0.4, 0.5) is 0 Å². The maximum absolute atomic E-state index is 12.4. The first kappa shape index (κ1) is 19.0. The van der Waals surface area contributed by atoms with E-state index in [2.05, 4.69) is 13.8 Å². The highest BCUT2D eigenvalue weighted by Crippen LogP contribution is 2.67. The van der Waals surface area contributed by atoms with Crippen LogP contribution in [0, 0.1) is 34.5 Å². The van der Waals surface area contributed by atoms with Crippen molar-refractivity contribution in [3.8, 4) is 0 Å². The first-order chi connectivity index (χ1) is 12.6. The zero-order chi connectivity index (χ0) is 19.8. The van der Waals surface area contributed by atoms with Crippen molar-refractivity contribution >= 4 is 11.6 Å². The zero-order valence-corrected chi connectivity index (χ0v) is 16.3. The lowest BCUT2D eigenvalue weighted by atomic mass is 9.45. The number of fused-ring (bicyclic) bond motifs is 5. The number of rotatable bonds is 2. The van der Waals surface area contributed by atoms with Gasteiger partial charge in [-0.25, -0.2) is 0 Å². The van der Waals surface area contributed by atoms with E-state index in [0.717, 1.165) is 18.4 Å². The molecule has 0 unspecified atom stereocenters. The number of ketones is 2. The van der Waals surface area contributed by atoms with Crippen molar-refractivity contribution in [2.45, 2.75) is 58.2 Å². The van der Waals surface area contributed by atoms with Crippen LogP contribution in [0.15, 0.2) is 23.8 Å². The third-order valence-electron chi connectivity index (χ3n) is 8.57. The molecule has 0 saturated heterocycles. The minimum absolute atomic E-state index is 0.00620. The van der Waals surface area contributed by atoms with Crippen molar-refractivity contribution in [2.75, 3.05) is 6.61 Å². The van der Waals surface area contributed by atoms with E-state index in [1.807, 2.05) is 13.0 Å². The summed E-state index contributed by atoms with van der Waals surface area (Å²) in [7, 11) is 0. The monoisotopic (exact) mass is 374 g/mol. The number of hydrogen-bond acceptors (Lipinski definition) is 5. The molecule has 0 heterocycles. The molecule has 27 heavy (non-hydrogen) atoms. The molecule has 3 N–H and O–H groups in total. The van der Waals surface area contributed by atoms with Gasteiger partial charge in [-0.3, -0.25) is 9.59 Å². The minimum atomic E-state index is -1.57. The van der Waals surface area contributed by atoms with Crippen LogP contribution >= 0.6 is 0 Å². The van der Waals surface area contributed by atoms with E-state index in [1.165, 1.54) is 0 Å². The Morgan fingerprint density at radius 2 is 2.04 bits per heavy atom. The largest absolute Gasteiger partial charge is 0.393 e. The summed E-state index contributed by atoms with van der Waals surface area (Å²) in [4.78, 5) is 24.4. The van der Waals surface area contributed by atoms with E-state index in [-0.39, 0.29) is 34.9 Å². The SMILES string of the molecule is C[C@H]1C[C@H]2[C@H]([C@H](O)C[C@@]3(C)[C@H]2CC[C@]3(O)C(=O)CO)[C@@]2(C)C=CC(=O)C=C12. The van der Waals surface area contributed by atoms with Gasteiger partial charge in [0.1, 0.15) is 12.2 Å². The van der Waals surface area contributed by atoms with Gasteiger partial charge >= 0.3 is 0 Å². The molecular weight excluding hydrogens is 344 g/mol. The molecule has 4 rings (SSSR count). The van der Waals surface area contributed by atoms with Gasteiger partial charge in [0.25, 0.3) is 0 Å². The highest BCUT2D eigenvalue weighted by atomic mass is 16.3. The molecule has 4 aliphatic carbocycles. The summed E-state index contributed by atoms with van der Waals surface area (Å²) in [5.74, 6) is -0.0768. The predicted octanol–water partition coefficient (Wildman–Crippen LogP) is 1.80. The van der Waals surface area contributed by atoms with Crippen LogP contribution in [0.2, 0.25) is 0 Å². The van der Waals surface area contributed by atoms with E-state index < -0.39 is 29.5 Å². The Morgan fingerprint density at radius 3 is 2.70 bits per heavy atom. The summed E-state index contributed by atoms with van der Waals surface area (Å²) in [6.45, 7) is 5.48. The van der Waals surface area contributed by atoms with E-state index in [9.17, 15) is 24.9 Å². The van der Waals surface area contributed by atoms with E-state index in [1.54, 1.807) is 12.2 Å². The molecule has 0 spiro atoms. The summed E-state index contributed by atoms with van der Waals surface area (Å²) in [5.41, 5.74) is -1.59. The van der Waals surface area contributed by atoms with Gasteiger partial charge < -0.3 is 15.3 Å². The fourth-order valence-electron chi connectivity index (χ4n) is 7.34. The van der Waals surface area contributed by atoms with Crippen molar-refractivity contribution in [1.29, 1.82) is 0 Å². The molecule has 8 atom stereocenters. The first-order valence-corrected chi connectivity index (χ1v) is 10.1. The predicted molar refractivity (Wildman–Crippen MR) is 99.6 cm³/mol. The fourth-order valence-corrected chi connectivity index (χ4v) is 7.34. The van der Waals surface area contributed by atoms with Gasteiger partial charge in [-0.1, -0.05) is 32.4 Å². The maximum atomic E-state index is 12.4. The van der Waals surface area contributed by atoms with Crippen LogP contribution in [0.3, 0.4) is 0 Å². The highest BCUT2D eigenvalue weighted by molar-refractivity contribution is 6.01. The highest BCUT2D eigenvalue weighted by Gasteiger charge is 2.68. The van der Waals surface area contributed by atoms with Crippen molar-refractivity contribution in [3.63, 3.8) is 0 Å². The lowest BCUT2D eigenvalue weighted by Crippen LogP contribution is -2.62. The smallest absolute Gasteiger partial charge is 0.190 e. The van der Waals surface area contributed by atoms with Crippen LogP contribution in [0.25, 0.3) is 0 Å². The van der Waals surface area contributed by atoms with E-state index >= 15 is 0 Å². The van der Waals surface area contributed by atoms with Crippen molar-refractivity contribution in [2.24, 2.45) is 34.5 Å². The Balaban J connectivity index is 1.78. The molecular formula is C22H30O5. The third-order valence-corrected chi connectivity index (χ3v) is 8.57. The Kier molecular flexibility index (Phi) is 4.12. The molecule has 5 nitrogen and oxygen atoms in total. The normalized spacial score (nSPS) is 51.3. The molecule has 0 radical (unpaired) electrons. The summed E-state index contributed by atoms with van der Waals surface area (Å²) in [5, 5.41) is 31.9. The molecule has 0 aromatic rings. The molecule has 0 amide bonds. The second-order valence-electron chi connectivity index (χ2n) is 9.72. The van der Waals surface area contributed by atoms with Crippen molar-refractivity contribution in [1.82, 2.24) is 0 Å². The molecule has 148 valence electrons. The topological polar surface area (TPSA) is 94.8 Å². The van der Waals surface area contributed by atoms with E-state index in [4.69, 9.17) is 0 Å².